The Balaban J connectivity index is 2.25. The molecular formula is C14H15ClN2O2. The Labute approximate surface area is 117 Å². The fourth-order valence-corrected chi connectivity index (χ4v) is 1.63. The summed E-state index contributed by atoms with van der Waals surface area (Å²) >= 11 is 6.05. The van der Waals surface area contributed by atoms with Crippen molar-refractivity contribution in [1.82, 2.24) is 4.98 Å². The number of pyridine rings is 1. The van der Waals surface area contributed by atoms with Gasteiger partial charge in [-0.15, -0.1) is 0 Å². The molecule has 0 saturated carbocycles. The van der Waals surface area contributed by atoms with Gasteiger partial charge in [0.1, 0.15) is 5.75 Å². The van der Waals surface area contributed by atoms with E-state index in [1.54, 1.807) is 36.5 Å². The first-order valence-electron chi connectivity index (χ1n) is 6.01. The highest BCUT2D eigenvalue weighted by atomic mass is 35.5. The topological polar surface area (TPSA) is 57.4 Å². The number of rotatable bonds is 5. The second-order valence-corrected chi connectivity index (χ2v) is 4.35. The van der Waals surface area contributed by atoms with Gasteiger partial charge in [-0.05, 0) is 30.7 Å². The van der Waals surface area contributed by atoms with Gasteiger partial charge in [0.2, 0.25) is 0 Å². The van der Waals surface area contributed by atoms with Crippen molar-refractivity contribution in [3.63, 3.8) is 0 Å². The maximum Gasteiger partial charge on any atom is 0.262 e. The highest BCUT2D eigenvalue weighted by molar-refractivity contribution is 6.32. The van der Waals surface area contributed by atoms with Crippen molar-refractivity contribution >= 4 is 17.3 Å². The van der Waals surface area contributed by atoms with Crippen LogP contribution in [0.15, 0.2) is 36.5 Å². The van der Waals surface area contributed by atoms with Crippen LogP contribution in [-0.2, 0) is 0 Å². The molecule has 0 amide bonds. The minimum absolute atomic E-state index is 0.378. The van der Waals surface area contributed by atoms with E-state index in [-0.39, 0.29) is 0 Å². The minimum Gasteiger partial charge on any atom is -0.488 e. The summed E-state index contributed by atoms with van der Waals surface area (Å²) in [5.74, 6) is 1.42. The Bertz CT molecular complexity index is 561. The molecule has 0 aliphatic rings. The van der Waals surface area contributed by atoms with Gasteiger partial charge in [0.25, 0.3) is 5.88 Å². The van der Waals surface area contributed by atoms with Crippen LogP contribution in [0.2, 0.25) is 5.02 Å². The molecule has 2 rings (SSSR count). The van der Waals surface area contributed by atoms with Gasteiger partial charge in [-0.1, -0.05) is 18.5 Å². The quantitative estimate of drug-likeness (QED) is 0.843. The molecular weight excluding hydrogens is 264 g/mol. The molecule has 0 bridgehead atoms. The third-order valence-electron chi connectivity index (χ3n) is 2.36. The lowest BCUT2D eigenvalue weighted by molar-refractivity contribution is 0.298. The van der Waals surface area contributed by atoms with Crippen molar-refractivity contribution in [3.05, 3.63) is 41.6 Å². The zero-order valence-corrected chi connectivity index (χ0v) is 11.4. The maximum absolute atomic E-state index is 6.05. The van der Waals surface area contributed by atoms with Crippen LogP contribution in [0.25, 0.3) is 0 Å². The van der Waals surface area contributed by atoms with E-state index in [1.807, 2.05) is 6.92 Å². The minimum atomic E-state index is 0.378. The molecule has 1 aromatic heterocycles. The molecule has 19 heavy (non-hydrogen) atoms. The molecule has 0 aliphatic heterocycles. The lowest BCUT2D eigenvalue weighted by atomic mass is 10.3. The summed E-state index contributed by atoms with van der Waals surface area (Å²) < 4.78 is 11.2. The molecule has 2 aromatic rings. The van der Waals surface area contributed by atoms with Gasteiger partial charge in [-0.3, -0.25) is 0 Å². The monoisotopic (exact) mass is 278 g/mol. The molecule has 0 fully saturated rings. The third-order valence-corrected chi connectivity index (χ3v) is 2.67. The first-order chi connectivity index (χ1) is 9.20. The second-order valence-electron chi connectivity index (χ2n) is 3.95. The predicted octanol–water partition coefficient (Wildman–Crippen LogP) is 3.90. The highest BCUT2D eigenvalue weighted by Crippen LogP contribution is 2.34. The number of ether oxygens (including phenoxy) is 2. The van der Waals surface area contributed by atoms with Crippen LogP contribution in [-0.4, -0.2) is 11.6 Å². The van der Waals surface area contributed by atoms with Crippen molar-refractivity contribution in [2.24, 2.45) is 0 Å². The molecule has 0 aliphatic carbocycles. The standard InChI is InChI=1S/C14H15ClN2O2/c1-2-8-18-12-4-3-7-17-14(12)19-13-9-10(16)5-6-11(13)15/h3-7,9H,2,8,16H2,1H3. The van der Waals surface area contributed by atoms with Gasteiger partial charge in [0, 0.05) is 18.0 Å². The summed E-state index contributed by atoms with van der Waals surface area (Å²) in [6.45, 7) is 2.64. The lowest BCUT2D eigenvalue weighted by Gasteiger charge is -2.11. The van der Waals surface area contributed by atoms with Crippen molar-refractivity contribution < 1.29 is 9.47 Å². The average molecular weight is 279 g/mol. The number of nitrogens with zero attached hydrogens (tertiary/aromatic N) is 1. The summed E-state index contributed by atoms with van der Waals surface area (Å²) in [6.07, 6.45) is 2.54. The third kappa shape index (κ3) is 3.51. The van der Waals surface area contributed by atoms with Crippen molar-refractivity contribution in [3.8, 4) is 17.4 Å². The number of hydrogen-bond donors (Lipinski definition) is 1. The van der Waals surface area contributed by atoms with Crippen LogP contribution < -0.4 is 15.2 Å². The van der Waals surface area contributed by atoms with Crippen LogP contribution in [0, 0.1) is 0 Å². The zero-order valence-electron chi connectivity index (χ0n) is 10.6. The molecule has 1 heterocycles. The summed E-state index contributed by atoms with van der Waals surface area (Å²) in [7, 11) is 0. The number of hydrogen-bond acceptors (Lipinski definition) is 4. The predicted molar refractivity (Wildman–Crippen MR) is 76.0 cm³/mol. The van der Waals surface area contributed by atoms with Crippen molar-refractivity contribution in [2.75, 3.05) is 12.3 Å². The second kappa shape index (κ2) is 6.29. The fourth-order valence-electron chi connectivity index (χ4n) is 1.48. The average Bonchev–Trinajstić information content (AvgIpc) is 2.42. The highest BCUT2D eigenvalue weighted by Gasteiger charge is 2.10. The molecule has 0 unspecified atom stereocenters. The smallest absolute Gasteiger partial charge is 0.262 e. The number of anilines is 1. The van der Waals surface area contributed by atoms with E-state index < -0.39 is 0 Å². The summed E-state index contributed by atoms with van der Waals surface area (Å²) in [5.41, 5.74) is 6.28. The van der Waals surface area contributed by atoms with Gasteiger partial charge in [0.05, 0.1) is 11.6 Å². The van der Waals surface area contributed by atoms with E-state index in [9.17, 15) is 0 Å². The van der Waals surface area contributed by atoms with Crippen LogP contribution in [0.3, 0.4) is 0 Å². The zero-order chi connectivity index (χ0) is 13.7. The van der Waals surface area contributed by atoms with E-state index in [2.05, 4.69) is 4.98 Å². The van der Waals surface area contributed by atoms with Crippen molar-refractivity contribution in [1.29, 1.82) is 0 Å². The molecule has 0 spiro atoms. The summed E-state index contributed by atoms with van der Waals surface area (Å²) in [5, 5.41) is 0.473. The van der Waals surface area contributed by atoms with E-state index in [0.717, 1.165) is 6.42 Å². The number of halogens is 1. The van der Waals surface area contributed by atoms with Gasteiger partial charge in [0.15, 0.2) is 5.75 Å². The van der Waals surface area contributed by atoms with E-state index in [1.165, 1.54) is 0 Å². The molecule has 100 valence electrons. The SMILES string of the molecule is CCCOc1cccnc1Oc1cc(N)ccc1Cl. The fraction of sp³-hybridized carbons (Fsp3) is 0.214. The molecule has 2 N–H and O–H groups in total. The van der Waals surface area contributed by atoms with Crippen LogP contribution in [0.5, 0.6) is 17.4 Å². The lowest BCUT2D eigenvalue weighted by Crippen LogP contribution is -1.99. The largest absolute Gasteiger partial charge is 0.488 e. The van der Waals surface area contributed by atoms with Gasteiger partial charge in [-0.25, -0.2) is 4.98 Å². The molecule has 4 nitrogen and oxygen atoms in total. The van der Waals surface area contributed by atoms with Crippen LogP contribution in [0.1, 0.15) is 13.3 Å². The Morgan fingerprint density at radius 1 is 1.26 bits per heavy atom. The summed E-state index contributed by atoms with van der Waals surface area (Å²) in [6, 6.07) is 8.64. The van der Waals surface area contributed by atoms with Gasteiger partial charge < -0.3 is 15.2 Å². The van der Waals surface area contributed by atoms with E-state index in [4.69, 9.17) is 26.8 Å². The number of nitrogens with two attached hydrogens (primary N) is 1. The van der Waals surface area contributed by atoms with Crippen LogP contribution in [0.4, 0.5) is 5.69 Å². The Hall–Kier alpha value is -1.94. The summed E-state index contributed by atoms with van der Waals surface area (Å²) in [4.78, 5) is 4.15. The molecule has 0 radical (unpaired) electrons. The normalized spacial score (nSPS) is 10.2. The maximum atomic E-state index is 6.05. The first kappa shape index (κ1) is 13.5. The first-order valence-corrected chi connectivity index (χ1v) is 6.39. The molecule has 0 saturated heterocycles. The van der Waals surface area contributed by atoms with E-state index in [0.29, 0.717) is 34.7 Å². The Morgan fingerprint density at radius 3 is 2.89 bits per heavy atom. The van der Waals surface area contributed by atoms with E-state index >= 15 is 0 Å². The molecule has 5 heteroatoms. The Morgan fingerprint density at radius 2 is 2.11 bits per heavy atom. The number of aromatic nitrogens is 1. The Kier molecular flexibility index (Phi) is 4.47. The molecule has 1 aromatic carbocycles. The number of nitrogen functional groups attached to an aromatic ring is 1. The van der Waals surface area contributed by atoms with Gasteiger partial charge >= 0.3 is 0 Å². The number of benzene rings is 1. The van der Waals surface area contributed by atoms with Crippen LogP contribution >= 0.6 is 11.6 Å². The molecule has 0 atom stereocenters. The van der Waals surface area contributed by atoms with Gasteiger partial charge in [-0.2, -0.15) is 0 Å². The van der Waals surface area contributed by atoms with Crippen molar-refractivity contribution in [2.45, 2.75) is 13.3 Å².